The summed E-state index contributed by atoms with van der Waals surface area (Å²) in [6.07, 6.45) is 0.545. The third-order valence-electron chi connectivity index (χ3n) is 7.83. The SMILES string of the molecule is COc1ccc(C(OC[C@H](CO)OCCn2ccc(=O)n(C(=O)c3ccccc3)c2=O)(c2ccccc2)c2ccc(OC)cc2)cc1. The first kappa shape index (κ1) is 33.1. The Morgan fingerprint density at radius 3 is 1.81 bits per heavy atom. The average Bonchev–Trinajstić information content (AvgIpc) is 3.13. The van der Waals surface area contributed by atoms with Crippen molar-refractivity contribution in [3.8, 4) is 11.5 Å². The quantitative estimate of drug-likeness (QED) is 0.181. The normalized spacial score (nSPS) is 12.0. The Morgan fingerprint density at radius 1 is 0.745 bits per heavy atom. The molecule has 4 aromatic carbocycles. The van der Waals surface area contributed by atoms with E-state index < -0.39 is 28.9 Å². The van der Waals surface area contributed by atoms with Gasteiger partial charge >= 0.3 is 5.69 Å². The molecule has 1 aromatic heterocycles. The molecule has 0 spiro atoms. The molecule has 10 nitrogen and oxygen atoms in total. The van der Waals surface area contributed by atoms with Crippen LogP contribution in [0.4, 0.5) is 0 Å². The third-order valence-corrected chi connectivity index (χ3v) is 7.83. The molecule has 47 heavy (non-hydrogen) atoms. The fourth-order valence-corrected chi connectivity index (χ4v) is 5.35. The van der Waals surface area contributed by atoms with Crippen molar-refractivity contribution in [1.82, 2.24) is 9.13 Å². The standard InChI is InChI=1S/C37H36N2O8/c1-44-31-17-13-29(14-18-31)37(28-11-7-4-8-12-28,30-15-19-32(45-2)20-16-30)47-26-33(25-40)46-24-23-38-22-21-34(41)39(36(38)43)35(42)27-9-5-3-6-10-27/h3-22,33,40H,23-26H2,1-2H3/t33-/m0/s1. The summed E-state index contributed by atoms with van der Waals surface area (Å²) in [7, 11) is 3.21. The number of aromatic nitrogens is 2. The number of nitrogens with zero attached hydrogens (tertiary/aromatic N) is 2. The molecule has 1 heterocycles. The maximum atomic E-state index is 13.1. The molecule has 0 fully saturated rings. The third kappa shape index (κ3) is 7.25. The van der Waals surface area contributed by atoms with Gasteiger partial charge in [-0.3, -0.25) is 14.2 Å². The van der Waals surface area contributed by atoms with Crippen LogP contribution in [0.2, 0.25) is 0 Å². The van der Waals surface area contributed by atoms with Crippen LogP contribution in [-0.2, 0) is 21.6 Å². The van der Waals surface area contributed by atoms with Crippen LogP contribution in [0.5, 0.6) is 11.5 Å². The zero-order valence-electron chi connectivity index (χ0n) is 26.2. The van der Waals surface area contributed by atoms with Gasteiger partial charge in [-0.25, -0.2) is 4.79 Å². The van der Waals surface area contributed by atoms with Gasteiger partial charge in [0.05, 0.1) is 40.6 Å². The highest BCUT2D eigenvalue weighted by Gasteiger charge is 2.38. The van der Waals surface area contributed by atoms with Crippen LogP contribution in [0.15, 0.2) is 131 Å². The number of aliphatic hydroxyl groups excluding tert-OH is 1. The van der Waals surface area contributed by atoms with Gasteiger partial charge in [-0.2, -0.15) is 4.57 Å². The molecule has 1 atom stereocenters. The lowest BCUT2D eigenvalue weighted by Gasteiger charge is -2.37. The Balaban J connectivity index is 1.40. The van der Waals surface area contributed by atoms with Gasteiger partial charge in [0.1, 0.15) is 23.2 Å². The topological polar surface area (TPSA) is 118 Å². The van der Waals surface area contributed by atoms with Gasteiger partial charge in [0.2, 0.25) is 0 Å². The molecule has 5 rings (SSSR count). The lowest BCUT2D eigenvalue weighted by molar-refractivity contribution is -0.0822. The maximum absolute atomic E-state index is 13.1. The number of rotatable bonds is 14. The van der Waals surface area contributed by atoms with Crippen LogP contribution < -0.4 is 20.7 Å². The van der Waals surface area contributed by atoms with Gasteiger partial charge < -0.3 is 24.1 Å². The van der Waals surface area contributed by atoms with Crippen molar-refractivity contribution in [2.24, 2.45) is 0 Å². The second kappa shape index (κ2) is 15.3. The first-order valence-electron chi connectivity index (χ1n) is 15.0. The summed E-state index contributed by atoms with van der Waals surface area (Å²) in [6, 6.07) is 34.2. The van der Waals surface area contributed by atoms with Gasteiger partial charge in [0, 0.05) is 17.8 Å². The first-order valence-corrected chi connectivity index (χ1v) is 15.0. The van der Waals surface area contributed by atoms with E-state index in [9.17, 15) is 19.5 Å². The van der Waals surface area contributed by atoms with E-state index in [0.29, 0.717) is 16.1 Å². The summed E-state index contributed by atoms with van der Waals surface area (Å²) in [6.45, 7) is -0.366. The Bertz CT molecular complexity index is 1820. The summed E-state index contributed by atoms with van der Waals surface area (Å²) in [5.74, 6) is 0.662. The molecular formula is C37H36N2O8. The van der Waals surface area contributed by atoms with Gasteiger partial charge in [-0.05, 0) is 53.1 Å². The van der Waals surface area contributed by atoms with Crippen molar-refractivity contribution >= 4 is 5.91 Å². The Morgan fingerprint density at radius 2 is 1.28 bits per heavy atom. The predicted molar refractivity (Wildman–Crippen MR) is 176 cm³/mol. The molecule has 1 N–H and O–H groups in total. The second-order valence-electron chi connectivity index (χ2n) is 10.6. The fourth-order valence-electron chi connectivity index (χ4n) is 5.35. The first-order chi connectivity index (χ1) is 22.9. The Hall–Kier alpha value is -5.29. The lowest BCUT2D eigenvalue weighted by Crippen LogP contribution is -2.43. The van der Waals surface area contributed by atoms with Crippen molar-refractivity contribution in [3.05, 3.63) is 165 Å². The number of carbonyl (C=O) groups is 1. The van der Waals surface area contributed by atoms with E-state index in [1.807, 2.05) is 78.9 Å². The van der Waals surface area contributed by atoms with E-state index in [-0.39, 0.29) is 31.9 Å². The highest BCUT2D eigenvalue weighted by atomic mass is 16.6. The number of methoxy groups -OCH3 is 2. The molecule has 0 radical (unpaired) electrons. The van der Waals surface area contributed by atoms with Crippen molar-refractivity contribution < 1.29 is 28.8 Å². The number of carbonyl (C=O) groups excluding carboxylic acids is 1. The molecule has 0 amide bonds. The van der Waals surface area contributed by atoms with Gasteiger partial charge in [-0.15, -0.1) is 0 Å². The molecule has 0 aliphatic carbocycles. The van der Waals surface area contributed by atoms with E-state index >= 15 is 0 Å². The zero-order valence-corrected chi connectivity index (χ0v) is 26.2. The molecule has 0 aliphatic heterocycles. The number of hydrogen-bond donors (Lipinski definition) is 1. The minimum Gasteiger partial charge on any atom is -0.497 e. The van der Waals surface area contributed by atoms with E-state index in [1.54, 1.807) is 32.4 Å². The van der Waals surface area contributed by atoms with Crippen molar-refractivity contribution in [3.63, 3.8) is 0 Å². The maximum Gasteiger partial charge on any atom is 0.338 e. The number of benzene rings is 4. The monoisotopic (exact) mass is 636 g/mol. The number of ether oxygens (including phenoxy) is 4. The van der Waals surface area contributed by atoms with E-state index in [4.69, 9.17) is 18.9 Å². The summed E-state index contributed by atoms with van der Waals surface area (Å²) in [5, 5.41) is 10.3. The summed E-state index contributed by atoms with van der Waals surface area (Å²) in [4.78, 5) is 38.5. The van der Waals surface area contributed by atoms with Crippen LogP contribution in [-0.4, -0.2) is 60.3 Å². The summed E-state index contributed by atoms with van der Waals surface area (Å²) >= 11 is 0. The van der Waals surface area contributed by atoms with Crippen molar-refractivity contribution in [2.45, 2.75) is 18.2 Å². The molecule has 0 unspecified atom stereocenters. The predicted octanol–water partition coefficient (Wildman–Crippen LogP) is 4.10. The minimum absolute atomic E-state index is 0.00433. The van der Waals surface area contributed by atoms with Crippen molar-refractivity contribution in [1.29, 1.82) is 0 Å². The lowest BCUT2D eigenvalue weighted by atomic mass is 9.80. The van der Waals surface area contributed by atoms with Crippen LogP contribution in [0, 0.1) is 0 Å². The van der Waals surface area contributed by atoms with Crippen LogP contribution in [0.25, 0.3) is 0 Å². The highest BCUT2D eigenvalue weighted by Crippen LogP contribution is 2.41. The highest BCUT2D eigenvalue weighted by molar-refractivity contribution is 5.95. The Kier molecular flexibility index (Phi) is 10.8. The van der Waals surface area contributed by atoms with Crippen LogP contribution in [0.1, 0.15) is 27.0 Å². The molecule has 0 saturated heterocycles. The average molecular weight is 637 g/mol. The number of hydrogen-bond acceptors (Lipinski definition) is 8. The Labute approximate surface area is 272 Å². The second-order valence-corrected chi connectivity index (χ2v) is 10.6. The molecule has 242 valence electrons. The molecular weight excluding hydrogens is 600 g/mol. The molecule has 0 aliphatic rings. The number of aliphatic hydroxyl groups is 1. The van der Waals surface area contributed by atoms with E-state index in [0.717, 1.165) is 22.8 Å². The van der Waals surface area contributed by atoms with Gasteiger partial charge in [0.25, 0.3) is 11.5 Å². The minimum atomic E-state index is -1.11. The molecule has 0 saturated carbocycles. The molecule has 10 heteroatoms. The smallest absolute Gasteiger partial charge is 0.338 e. The van der Waals surface area contributed by atoms with Gasteiger partial charge in [0.15, 0.2) is 0 Å². The molecule has 5 aromatic rings. The fraction of sp³-hybridized carbons (Fsp3) is 0.216. The zero-order chi connectivity index (χ0) is 33.2. The summed E-state index contributed by atoms with van der Waals surface area (Å²) in [5.41, 5.74) is 0.0935. The van der Waals surface area contributed by atoms with Crippen LogP contribution >= 0.6 is 0 Å². The van der Waals surface area contributed by atoms with E-state index in [1.165, 1.54) is 22.9 Å². The molecule has 0 bridgehead atoms. The van der Waals surface area contributed by atoms with Crippen molar-refractivity contribution in [2.75, 3.05) is 34.0 Å². The van der Waals surface area contributed by atoms with E-state index in [2.05, 4.69) is 0 Å². The summed E-state index contributed by atoms with van der Waals surface area (Å²) < 4.78 is 25.4. The van der Waals surface area contributed by atoms with Crippen LogP contribution in [0.3, 0.4) is 0 Å². The largest absolute Gasteiger partial charge is 0.497 e. The van der Waals surface area contributed by atoms with Gasteiger partial charge in [-0.1, -0.05) is 72.8 Å².